The molecule has 156 valence electrons. The number of anilines is 1. The molecule has 1 aliphatic rings. The number of nitrogens with zero attached hydrogens (tertiary/aromatic N) is 2. The molecule has 11 heteroatoms. The third-order valence-electron chi connectivity index (χ3n) is 4.35. The average molecular weight is 426 g/mol. The SMILES string of the molecule is CC(C)(C)n1nc2c(c1NC(=O)C(=O)NCc1c(F)cccc1F)CS(=O)(=O)C2. The van der Waals surface area contributed by atoms with Crippen LogP contribution in [0.3, 0.4) is 0 Å². The number of sulfone groups is 1. The minimum atomic E-state index is -3.37. The van der Waals surface area contributed by atoms with E-state index < -0.39 is 45.4 Å². The highest BCUT2D eigenvalue weighted by Crippen LogP contribution is 2.34. The van der Waals surface area contributed by atoms with E-state index >= 15 is 0 Å². The van der Waals surface area contributed by atoms with Gasteiger partial charge in [-0.25, -0.2) is 21.9 Å². The van der Waals surface area contributed by atoms with E-state index in [1.165, 1.54) is 10.7 Å². The van der Waals surface area contributed by atoms with Crippen LogP contribution in [-0.2, 0) is 43.0 Å². The van der Waals surface area contributed by atoms with Crippen LogP contribution in [0.1, 0.15) is 37.6 Å². The van der Waals surface area contributed by atoms with Crippen molar-refractivity contribution >= 4 is 27.5 Å². The number of carbonyl (C=O) groups is 2. The van der Waals surface area contributed by atoms with Gasteiger partial charge in [0, 0.05) is 17.7 Å². The maximum Gasteiger partial charge on any atom is 0.314 e. The molecule has 0 fully saturated rings. The first kappa shape index (κ1) is 20.9. The predicted molar refractivity (Wildman–Crippen MR) is 100 cm³/mol. The summed E-state index contributed by atoms with van der Waals surface area (Å²) in [6.45, 7) is 4.90. The van der Waals surface area contributed by atoms with Crippen molar-refractivity contribution in [3.63, 3.8) is 0 Å². The van der Waals surface area contributed by atoms with E-state index in [9.17, 15) is 26.8 Å². The van der Waals surface area contributed by atoms with Crippen LogP contribution in [0, 0.1) is 11.6 Å². The Morgan fingerprint density at radius 1 is 1.14 bits per heavy atom. The first-order chi connectivity index (χ1) is 13.4. The minimum Gasteiger partial charge on any atom is -0.344 e. The normalized spacial score (nSPS) is 15.1. The Balaban J connectivity index is 1.79. The van der Waals surface area contributed by atoms with Crippen molar-refractivity contribution in [2.45, 2.75) is 44.4 Å². The molecule has 2 aromatic rings. The highest BCUT2D eigenvalue weighted by molar-refractivity contribution is 7.90. The summed E-state index contributed by atoms with van der Waals surface area (Å²) in [4.78, 5) is 24.5. The fourth-order valence-electron chi connectivity index (χ4n) is 2.97. The molecular formula is C18H20F2N4O4S. The third kappa shape index (κ3) is 4.29. The second-order valence-electron chi connectivity index (χ2n) is 7.73. The molecule has 0 aliphatic carbocycles. The number of nitrogens with one attached hydrogen (secondary N) is 2. The lowest BCUT2D eigenvalue weighted by atomic mass is 10.1. The number of benzene rings is 1. The van der Waals surface area contributed by atoms with Gasteiger partial charge in [-0.2, -0.15) is 5.10 Å². The molecule has 0 saturated carbocycles. The quantitative estimate of drug-likeness (QED) is 0.725. The maximum absolute atomic E-state index is 13.7. The summed E-state index contributed by atoms with van der Waals surface area (Å²) in [7, 11) is -3.37. The van der Waals surface area contributed by atoms with Crippen molar-refractivity contribution in [3.8, 4) is 0 Å². The van der Waals surface area contributed by atoms with E-state index in [1.54, 1.807) is 20.8 Å². The zero-order valence-electron chi connectivity index (χ0n) is 16.0. The predicted octanol–water partition coefficient (Wildman–Crippen LogP) is 1.60. The summed E-state index contributed by atoms with van der Waals surface area (Å²) < 4.78 is 52.5. The average Bonchev–Trinajstić information content (AvgIpc) is 3.06. The van der Waals surface area contributed by atoms with E-state index in [0.29, 0.717) is 11.3 Å². The summed E-state index contributed by atoms with van der Waals surface area (Å²) in [5.74, 6) is -4.34. The number of fused-ring (bicyclic) bond motifs is 1. The molecule has 2 amide bonds. The maximum atomic E-state index is 13.7. The molecule has 1 aliphatic heterocycles. The Labute approximate surface area is 166 Å². The topological polar surface area (TPSA) is 110 Å². The number of halogens is 2. The van der Waals surface area contributed by atoms with Gasteiger partial charge in [-0.3, -0.25) is 9.59 Å². The standard InChI is InChI=1S/C18H20F2N4O4S/c1-18(2,3)24-15(11-8-29(27,28)9-14(11)23-24)22-17(26)16(25)21-7-10-12(19)5-4-6-13(10)20/h4-6H,7-9H2,1-3H3,(H,21,25)(H,22,26). The zero-order valence-corrected chi connectivity index (χ0v) is 16.9. The van der Waals surface area contributed by atoms with Gasteiger partial charge in [-0.05, 0) is 32.9 Å². The first-order valence-electron chi connectivity index (χ1n) is 8.73. The second-order valence-corrected chi connectivity index (χ2v) is 9.79. The molecule has 2 N–H and O–H groups in total. The van der Waals surface area contributed by atoms with Crippen LogP contribution in [0.25, 0.3) is 0 Å². The van der Waals surface area contributed by atoms with Gasteiger partial charge in [0.05, 0.1) is 22.7 Å². The van der Waals surface area contributed by atoms with Crippen LogP contribution >= 0.6 is 0 Å². The van der Waals surface area contributed by atoms with Crippen molar-refractivity contribution < 1.29 is 26.8 Å². The van der Waals surface area contributed by atoms with Gasteiger partial charge in [0.15, 0.2) is 9.84 Å². The Hall–Kier alpha value is -2.82. The molecular weight excluding hydrogens is 406 g/mol. The van der Waals surface area contributed by atoms with Crippen LogP contribution in [0.15, 0.2) is 18.2 Å². The largest absolute Gasteiger partial charge is 0.344 e. The number of rotatable bonds is 3. The smallest absolute Gasteiger partial charge is 0.314 e. The third-order valence-corrected chi connectivity index (χ3v) is 5.79. The van der Waals surface area contributed by atoms with Crippen molar-refractivity contribution in [1.29, 1.82) is 0 Å². The van der Waals surface area contributed by atoms with Crippen molar-refractivity contribution in [3.05, 3.63) is 46.7 Å². The van der Waals surface area contributed by atoms with Crippen LogP contribution in [0.2, 0.25) is 0 Å². The molecule has 1 aromatic carbocycles. The Morgan fingerprint density at radius 2 is 1.76 bits per heavy atom. The van der Waals surface area contributed by atoms with Crippen LogP contribution in [0.5, 0.6) is 0 Å². The van der Waals surface area contributed by atoms with E-state index in [0.717, 1.165) is 12.1 Å². The van der Waals surface area contributed by atoms with Gasteiger partial charge in [-0.15, -0.1) is 0 Å². The second kappa shape index (κ2) is 7.21. The molecule has 3 rings (SSSR count). The van der Waals surface area contributed by atoms with E-state index in [1.807, 2.05) is 0 Å². The molecule has 0 saturated heterocycles. The molecule has 1 aromatic heterocycles. The van der Waals surface area contributed by atoms with Crippen molar-refractivity contribution in [2.24, 2.45) is 0 Å². The molecule has 0 atom stereocenters. The van der Waals surface area contributed by atoms with Crippen LogP contribution < -0.4 is 10.6 Å². The molecule has 29 heavy (non-hydrogen) atoms. The first-order valence-corrected chi connectivity index (χ1v) is 10.5. The van der Waals surface area contributed by atoms with E-state index in [2.05, 4.69) is 15.7 Å². The minimum absolute atomic E-state index is 0.116. The van der Waals surface area contributed by atoms with Gasteiger partial charge in [0.25, 0.3) is 0 Å². The molecule has 0 radical (unpaired) electrons. The highest BCUT2D eigenvalue weighted by atomic mass is 32.2. The number of amides is 2. The fraction of sp³-hybridized carbons (Fsp3) is 0.389. The summed E-state index contributed by atoms with van der Waals surface area (Å²) in [6.07, 6.45) is 0. The van der Waals surface area contributed by atoms with Gasteiger partial charge in [0.2, 0.25) is 0 Å². The Kier molecular flexibility index (Phi) is 5.20. The lowest BCUT2D eigenvalue weighted by Crippen LogP contribution is -2.37. The van der Waals surface area contributed by atoms with Crippen molar-refractivity contribution in [2.75, 3.05) is 5.32 Å². The van der Waals surface area contributed by atoms with Crippen molar-refractivity contribution in [1.82, 2.24) is 15.1 Å². The fourth-order valence-corrected chi connectivity index (χ4v) is 4.46. The number of hydrogen-bond donors (Lipinski definition) is 2. The lowest BCUT2D eigenvalue weighted by Gasteiger charge is -2.23. The summed E-state index contributed by atoms with van der Waals surface area (Å²) in [6, 6.07) is 3.26. The molecule has 0 bridgehead atoms. The Bertz CT molecular complexity index is 1080. The van der Waals surface area contributed by atoms with Crippen LogP contribution in [0.4, 0.5) is 14.6 Å². The summed E-state index contributed by atoms with van der Waals surface area (Å²) >= 11 is 0. The lowest BCUT2D eigenvalue weighted by molar-refractivity contribution is -0.136. The van der Waals surface area contributed by atoms with Gasteiger partial charge in [-0.1, -0.05) is 6.07 Å². The summed E-state index contributed by atoms with van der Waals surface area (Å²) in [5.41, 5.74) is -0.311. The van der Waals surface area contributed by atoms with E-state index in [4.69, 9.17) is 0 Å². The molecule has 0 spiro atoms. The molecule has 2 heterocycles. The summed E-state index contributed by atoms with van der Waals surface area (Å²) in [5, 5.41) is 8.83. The Morgan fingerprint density at radius 3 is 2.34 bits per heavy atom. The highest BCUT2D eigenvalue weighted by Gasteiger charge is 2.35. The molecule has 8 nitrogen and oxygen atoms in total. The number of hydrogen-bond acceptors (Lipinski definition) is 5. The van der Waals surface area contributed by atoms with Gasteiger partial charge < -0.3 is 10.6 Å². The number of aromatic nitrogens is 2. The van der Waals surface area contributed by atoms with Gasteiger partial charge in [0.1, 0.15) is 17.5 Å². The number of carbonyl (C=O) groups excluding carboxylic acids is 2. The molecule has 0 unspecified atom stereocenters. The van der Waals surface area contributed by atoms with Gasteiger partial charge >= 0.3 is 11.8 Å². The van der Waals surface area contributed by atoms with E-state index in [-0.39, 0.29) is 22.9 Å². The zero-order chi connectivity index (χ0) is 21.6. The van der Waals surface area contributed by atoms with Crippen LogP contribution in [-0.4, -0.2) is 30.0 Å². The monoisotopic (exact) mass is 426 g/mol.